The highest BCUT2D eigenvalue weighted by Crippen LogP contribution is 2.43. The Morgan fingerprint density at radius 1 is 1.14 bits per heavy atom. The minimum Gasteiger partial charge on any atom is -0.457 e. The minimum atomic E-state index is -0.351. The van der Waals surface area contributed by atoms with E-state index in [4.69, 9.17) is 4.74 Å². The molecule has 0 radical (unpaired) electrons. The first-order chi connectivity index (χ1) is 13.8. The van der Waals surface area contributed by atoms with E-state index in [9.17, 15) is 4.79 Å². The standard InChI is InChI=1S/C22H21N3O2S/c26-21(24-14-15-6-5-12-25(15)22-23-11-13-28-22)20-16-7-1-3-9-18(16)27-19-10-4-2-8-17(19)20/h1-4,7-11,13,15,20H,5-6,12,14H2,(H,24,26). The van der Waals surface area contributed by atoms with Gasteiger partial charge in [0.25, 0.3) is 0 Å². The second-order valence-electron chi connectivity index (χ2n) is 7.16. The number of carbonyl (C=O) groups excluding carboxylic acids is 1. The molecular weight excluding hydrogens is 370 g/mol. The van der Waals surface area contributed by atoms with Gasteiger partial charge in [-0.25, -0.2) is 4.98 Å². The monoisotopic (exact) mass is 391 g/mol. The Balaban J connectivity index is 1.37. The van der Waals surface area contributed by atoms with E-state index >= 15 is 0 Å². The van der Waals surface area contributed by atoms with Crippen molar-refractivity contribution in [2.45, 2.75) is 24.8 Å². The van der Waals surface area contributed by atoms with E-state index in [-0.39, 0.29) is 11.8 Å². The van der Waals surface area contributed by atoms with Crippen LogP contribution in [0.4, 0.5) is 5.13 Å². The molecular formula is C22H21N3O2S. The summed E-state index contributed by atoms with van der Waals surface area (Å²) in [4.78, 5) is 20.0. The van der Waals surface area contributed by atoms with Gasteiger partial charge in [-0.05, 0) is 25.0 Å². The Hall–Kier alpha value is -2.86. The maximum Gasteiger partial charge on any atom is 0.232 e. The maximum absolute atomic E-state index is 13.3. The Morgan fingerprint density at radius 2 is 1.86 bits per heavy atom. The number of hydrogen-bond donors (Lipinski definition) is 1. The summed E-state index contributed by atoms with van der Waals surface area (Å²) in [5, 5.41) is 6.25. The van der Waals surface area contributed by atoms with Gasteiger partial charge in [0.15, 0.2) is 5.13 Å². The molecule has 1 unspecified atom stereocenters. The van der Waals surface area contributed by atoms with Crippen LogP contribution in [0, 0.1) is 0 Å². The molecule has 1 amide bonds. The molecule has 28 heavy (non-hydrogen) atoms. The Labute approximate surface area is 168 Å². The molecule has 2 aromatic carbocycles. The van der Waals surface area contributed by atoms with Gasteiger partial charge >= 0.3 is 0 Å². The molecule has 3 aromatic rings. The van der Waals surface area contributed by atoms with E-state index in [1.807, 2.05) is 60.1 Å². The molecule has 0 aliphatic carbocycles. The van der Waals surface area contributed by atoms with Gasteiger partial charge in [-0.1, -0.05) is 36.4 Å². The zero-order valence-corrected chi connectivity index (χ0v) is 16.2. The number of nitrogens with one attached hydrogen (secondary N) is 1. The summed E-state index contributed by atoms with van der Waals surface area (Å²) < 4.78 is 6.01. The molecule has 2 aliphatic rings. The third-order valence-corrected chi connectivity index (χ3v) is 6.30. The summed E-state index contributed by atoms with van der Waals surface area (Å²) in [5.74, 6) is 1.18. The van der Waals surface area contributed by atoms with Crippen LogP contribution >= 0.6 is 11.3 Å². The average molecular weight is 391 g/mol. The van der Waals surface area contributed by atoms with Gasteiger partial charge in [0.1, 0.15) is 11.5 Å². The summed E-state index contributed by atoms with van der Waals surface area (Å²) in [5.41, 5.74) is 1.84. The van der Waals surface area contributed by atoms with Crippen LogP contribution < -0.4 is 15.0 Å². The lowest BCUT2D eigenvalue weighted by Crippen LogP contribution is -2.42. The van der Waals surface area contributed by atoms with Crippen molar-refractivity contribution in [1.29, 1.82) is 0 Å². The molecule has 5 rings (SSSR count). The third-order valence-electron chi connectivity index (χ3n) is 5.50. The van der Waals surface area contributed by atoms with Gasteiger partial charge in [-0.15, -0.1) is 11.3 Å². The molecule has 2 aliphatic heterocycles. The normalized spacial score (nSPS) is 18.3. The lowest BCUT2D eigenvalue weighted by molar-refractivity contribution is -0.121. The van der Waals surface area contributed by atoms with Gasteiger partial charge in [0.2, 0.25) is 5.91 Å². The number of thiazole rings is 1. The van der Waals surface area contributed by atoms with E-state index in [1.165, 1.54) is 0 Å². The first-order valence-electron chi connectivity index (χ1n) is 9.61. The first-order valence-corrected chi connectivity index (χ1v) is 10.5. The van der Waals surface area contributed by atoms with Crippen molar-refractivity contribution >= 4 is 22.4 Å². The average Bonchev–Trinajstić information content (AvgIpc) is 3.41. The van der Waals surface area contributed by atoms with Crippen molar-refractivity contribution in [3.8, 4) is 11.5 Å². The molecule has 1 saturated heterocycles. The summed E-state index contributed by atoms with van der Waals surface area (Å²) in [6.07, 6.45) is 4.04. The van der Waals surface area contributed by atoms with Crippen LogP contribution in [0.15, 0.2) is 60.1 Å². The molecule has 1 atom stereocenters. The third kappa shape index (κ3) is 3.03. The van der Waals surface area contributed by atoms with Crippen molar-refractivity contribution in [1.82, 2.24) is 10.3 Å². The Kier molecular flexibility index (Phi) is 4.49. The van der Waals surface area contributed by atoms with Crippen LogP contribution in [-0.4, -0.2) is 30.0 Å². The fourth-order valence-electron chi connectivity index (χ4n) is 4.17. The fourth-order valence-corrected chi connectivity index (χ4v) is 4.91. The van der Waals surface area contributed by atoms with Gasteiger partial charge in [0.05, 0.1) is 5.92 Å². The van der Waals surface area contributed by atoms with Gasteiger partial charge in [-0.2, -0.15) is 0 Å². The predicted molar refractivity (Wildman–Crippen MR) is 110 cm³/mol. The highest BCUT2D eigenvalue weighted by atomic mass is 32.1. The van der Waals surface area contributed by atoms with Crippen LogP contribution in [0.5, 0.6) is 11.5 Å². The lowest BCUT2D eigenvalue weighted by Gasteiger charge is -2.29. The second kappa shape index (κ2) is 7.28. The van der Waals surface area contributed by atoms with Crippen molar-refractivity contribution in [2.24, 2.45) is 0 Å². The molecule has 5 nitrogen and oxygen atoms in total. The van der Waals surface area contributed by atoms with Crippen LogP contribution in [0.1, 0.15) is 29.9 Å². The largest absolute Gasteiger partial charge is 0.457 e. The van der Waals surface area contributed by atoms with Crippen molar-refractivity contribution in [3.63, 3.8) is 0 Å². The minimum absolute atomic E-state index is 0.0224. The molecule has 142 valence electrons. The SMILES string of the molecule is O=C(NCC1CCCN1c1nccs1)C1c2ccccc2Oc2ccccc21. The van der Waals surface area contributed by atoms with E-state index in [0.717, 1.165) is 47.1 Å². The number of carbonyl (C=O) groups is 1. The van der Waals surface area contributed by atoms with E-state index in [1.54, 1.807) is 11.3 Å². The quantitative estimate of drug-likeness (QED) is 0.725. The second-order valence-corrected chi connectivity index (χ2v) is 8.03. The van der Waals surface area contributed by atoms with Crippen LogP contribution in [-0.2, 0) is 4.79 Å². The number of fused-ring (bicyclic) bond motifs is 2. The summed E-state index contributed by atoms with van der Waals surface area (Å²) in [7, 11) is 0. The zero-order valence-electron chi connectivity index (χ0n) is 15.4. The smallest absolute Gasteiger partial charge is 0.232 e. The molecule has 1 N–H and O–H groups in total. The van der Waals surface area contributed by atoms with Crippen molar-refractivity contribution < 1.29 is 9.53 Å². The Morgan fingerprint density at radius 3 is 2.54 bits per heavy atom. The number of amides is 1. The number of ether oxygens (including phenoxy) is 1. The molecule has 1 aromatic heterocycles. The van der Waals surface area contributed by atoms with E-state index in [0.29, 0.717) is 12.6 Å². The number of para-hydroxylation sites is 2. The van der Waals surface area contributed by atoms with Gasteiger partial charge < -0.3 is 15.0 Å². The van der Waals surface area contributed by atoms with Crippen molar-refractivity contribution in [2.75, 3.05) is 18.0 Å². The lowest BCUT2D eigenvalue weighted by atomic mass is 9.87. The predicted octanol–water partition coefficient (Wildman–Crippen LogP) is 4.17. The van der Waals surface area contributed by atoms with Crippen molar-refractivity contribution in [3.05, 3.63) is 71.2 Å². The first kappa shape index (κ1) is 17.3. The van der Waals surface area contributed by atoms with Crippen LogP contribution in [0.3, 0.4) is 0 Å². The number of benzene rings is 2. The molecule has 1 fully saturated rings. The molecule has 3 heterocycles. The summed E-state index contributed by atoms with van der Waals surface area (Å²) in [6, 6.07) is 15.9. The van der Waals surface area contributed by atoms with E-state index in [2.05, 4.69) is 15.2 Å². The number of aromatic nitrogens is 1. The number of hydrogen-bond acceptors (Lipinski definition) is 5. The molecule has 0 bridgehead atoms. The number of nitrogens with zero attached hydrogens (tertiary/aromatic N) is 2. The van der Waals surface area contributed by atoms with Crippen LogP contribution in [0.25, 0.3) is 0 Å². The summed E-state index contributed by atoms with van der Waals surface area (Å²) in [6.45, 7) is 1.62. The fraction of sp³-hybridized carbons (Fsp3) is 0.273. The molecule has 0 spiro atoms. The topological polar surface area (TPSA) is 54.5 Å². The Bertz CT molecular complexity index is 943. The number of rotatable bonds is 4. The number of anilines is 1. The maximum atomic E-state index is 13.3. The van der Waals surface area contributed by atoms with Crippen LogP contribution in [0.2, 0.25) is 0 Å². The highest BCUT2D eigenvalue weighted by Gasteiger charge is 2.33. The van der Waals surface area contributed by atoms with Gasteiger partial charge in [-0.3, -0.25) is 4.79 Å². The molecule has 6 heteroatoms. The zero-order chi connectivity index (χ0) is 18.9. The van der Waals surface area contributed by atoms with Gasteiger partial charge in [0, 0.05) is 41.8 Å². The van der Waals surface area contributed by atoms with E-state index < -0.39 is 0 Å². The summed E-state index contributed by atoms with van der Waals surface area (Å²) >= 11 is 1.65. The molecule has 0 saturated carbocycles. The highest BCUT2D eigenvalue weighted by molar-refractivity contribution is 7.13.